The van der Waals surface area contributed by atoms with E-state index in [2.05, 4.69) is 5.32 Å². The van der Waals surface area contributed by atoms with E-state index in [4.69, 9.17) is 18.9 Å². The summed E-state index contributed by atoms with van der Waals surface area (Å²) in [6.45, 7) is 8.13. The van der Waals surface area contributed by atoms with Crippen LogP contribution in [-0.4, -0.2) is 80.9 Å². The zero-order valence-electron chi connectivity index (χ0n) is 24.7. The summed E-state index contributed by atoms with van der Waals surface area (Å²) in [4.78, 5) is 12.8. The molecule has 0 bridgehead atoms. The molecule has 2 atom stereocenters. The number of hydrogen-bond donors (Lipinski definition) is 2. The van der Waals surface area contributed by atoms with Crippen LogP contribution in [0.15, 0.2) is 59.5 Å². The monoisotopic (exact) mass is 592 g/mol. The van der Waals surface area contributed by atoms with Gasteiger partial charge in [-0.05, 0) is 76.8 Å². The van der Waals surface area contributed by atoms with Gasteiger partial charge in [-0.3, -0.25) is 0 Å². The van der Waals surface area contributed by atoms with Gasteiger partial charge in [-0.1, -0.05) is 30.3 Å². The predicted octanol–water partition coefficient (Wildman–Crippen LogP) is 4.12. The molecule has 2 aromatic rings. The van der Waals surface area contributed by atoms with Crippen LogP contribution in [-0.2, 0) is 30.7 Å². The molecule has 0 aromatic heterocycles. The van der Waals surface area contributed by atoms with Gasteiger partial charge in [0, 0.05) is 19.5 Å². The van der Waals surface area contributed by atoms with E-state index in [0.29, 0.717) is 38.2 Å². The van der Waals surface area contributed by atoms with E-state index in [1.165, 1.54) is 23.5 Å². The molecule has 0 radical (unpaired) electrons. The van der Waals surface area contributed by atoms with Gasteiger partial charge in [-0.15, -0.1) is 0 Å². The Labute approximate surface area is 244 Å². The van der Waals surface area contributed by atoms with Crippen LogP contribution in [0.3, 0.4) is 0 Å². The van der Waals surface area contributed by atoms with Crippen LogP contribution < -0.4 is 10.1 Å². The summed E-state index contributed by atoms with van der Waals surface area (Å²) in [6, 6.07) is 14.7. The molecule has 1 aliphatic rings. The lowest BCUT2D eigenvalue weighted by Crippen LogP contribution is -2.51. The van der Waals surface area contributed by atoms with Crippen molar-refractivity contribution in [2.75, 3.05) is 33.4 Å². The highest BCUT2D eigenvalue weighted by molar-refractivity contribution is 7.89. The Morgan fingerprint density at radius 1 is 1.07 bits per heavy atom. The molecule has 2 aromatic carbocycles. The lowest BCUT2D eigenvalue weighted by molar-refractivity contribution is -0.147. The number of aliphatic hydroxyl groups excluding tert-OH is 1. The first-order valence-electron chi connectivity index (χ1n) is 13.9. The van der Waals surface area contributed by atoms with Crippen molar-refractivity contribution >= 4 is 16.1 Å². The molecule has 1 unspecified atom stereocenters. The van der Waals surface area contributed by atoms with Gasteiger partial charge in [-0.2, -0.15) is 4.31 Å². The quantitative estimate of drug-likeness (QED) is 0.314. The summed E-state index contributed by atoms with van der Waals surface area (Å²) in [5.74, 6) is -0.137. The first kappa shape index (κ1) is 32.8. The molecule has 1 saturated heterocycles. The molecule has 0 spiro atoms. The van der Waals surface area contributed by atoms with Crippen LogP contribution in [0.25, 0.3) is 0 Å². The molecule has 1 heterocycles. The summed E-state index contributed by atoms with van der Waals surface area (Å²) in [5.41, 5.74) is 0.140. The first-order chi connectivity index (χ1) is 19.3. The minimum Gasteiger partial charge on any atom is -0.497 e. The van der Waals surface area contributed by atoms with Gasteiger partial charge >= 0.3 is 6.09 Å². The molecule has 3 rings (SSSR count). The molecular weight excluding hydrogens is 548 g/mol. The number of carbonyl (C=O) groups is 1. The maximum atomic E-state index is 13.8. The van der Waals surface area contributed by atoms with Gasteiger partial charge < -0.3 is 29.4 Å². The largest absolute Gasteiger partial charge is 0.497 e. The van der Waals surface area contributed by atoms with Crippen molar-refractivity contribution in [1.82, 2.24) is 9.62 Å². The van der Waals surface area contributed by atoms with E-state index in [1.807, 2.05) is 37.3 Å². The fourth-order valence-corrected chi connectivity index (χ4v) is 6.08. The Morgan fingerprint density at radius 2 is 1.71 bits per heavy atom. The summed E-state index contributed by atoms with van der Waals surface area (Å²) >= 11 is 0. The molecule has 10 nitrogen and oxygen atoms in total. The van der Waals surface area contributed by atoms with E-state index in [1.54, 1.807) is 32.9 Å². The third-order valence-corrected chi connectivity index (χ3v) is 8.62. The van der Waals surface area contributed by atoms with Crippen LogP contribution in [0, 0.1) is 0 Å². The van der Waals surface area contributed by atoms with E-state index in [9.17, 15) is 18.3 Å². The minimum absolute atomic E-state index is 0.0830. The number of nitrogens with zero attached hydrogens (tertiary/aromatic N) is 1. The van der Waals surface area contributed by atoms with Crippen molar-refractivity contribution in [1.29, 1.82) is 0 Å². The molecule has 0 saturated carbocycles. The summed E-state index contributed by atoms with van der Waals surface area (Å²) in [7, 11) is -2.48. The minimum atomic E-state index is -3.99. The summed E-state index contributed by atoms with van der Waals surface area (Å²) in [5, 5.41) is 14.2. The van der Waals surface area contributed by atoms with Crippen molar-refractivity contribution < 1.29 is 37.3 Å². The molecule has 41 heavy (non-hydrogen) atoms. The molecule has 11 heteroatoms. The van der Waals surface area contributed by atoms with Gasteiger partial charge in [-0.25, -0.2) is 13.2 Å². The van der Waals surface area contributed by atoms with Crippen LogP contribution in [0.5, 0.6) is 5.75 Å². The number of alkyl carbamates (subject to hydrolysis) is 1. The summed E-state index contributed by atoms with van der Waals surface area (Å²) < 4.78 is 50.8. The number of amides is 1. The van der Waals surface area contributed by atoms with Crippen molar-refractivity contribution in [3.05, 3.63) is 60.2 Å². The zero-order chi connectivity index (χ0) is 30.1. The van der Waals surface area contributed by atoms with Gasteiger partial charge in [0.05, 0.1) is 37.4 Å². The van der Waals surface area contributed by atoms with E-state index >= 15 is 0 Å². The van der Waals surface area contributed by atoms with Gasteiger partial charge in [0.1, 0.15) is 11.4 Å². The average molecular weight is 593 g/mol. The summed E-state index contributed by atoms with van der Waals surface area (Å²) in [6.07, 6.45) is 0.160. The molecule has 1 amide bonds. The third kappa shape index (κ3) is 10.3. The highest BCUT2D eigenvalue weighted by Gasteiger charge is 2.33. The number of aliphatic hydroxyl groups is 1. The van der Waals surface area contributed by atoms with Crippen molar-refractivity contribution in [3.8, 4) is 5.75 Å². The second-order valence-electron chi connectivity index (χ2n) is 11.3. The topological polar surface area (TPSA) is 124 Å². The number of nitrogens with one attached hydrogen (secondary N) is 1. The highest BCUT2D eigenvalue weighted by Crippen LogP contribution is 2.26. The Hall–Kier alpha value is -2.70. The smallest absolute Gasteiger partial charge is 0.407 e. The van der Waals surface area contributed by atoms with Crippen LogP contribution >= 0.6 is 0 Å². The number of benzene rings is 2. The second-order valence-corrected chi connectivity index (χ2v) is 13.3. The number of methoxy groups -OCH3 is 1. The number of hydrogen-bond acceptors (Lipinski definition) is 8. The van der Waals surface area contributed by atoms with E-state index < -0.39 is 39.7 Å². The maximum absolute atomic E-state index is 13.8. The standard InChI is InChI=1S/C30H44N2O8S/c1-29(2,3)40-28(34)31-26(21-23-11-7-6-8-12-23)27(33)22-32(18-10-9-17-30(4)38-19-20-39-30)41(35,36)25-15-13-24(37-5)14-16-25/h6-8,11-16,26-27,33H,9-10,17-22H2,1-5H3,(H,31,34)/t26-,27?/m0/s1. The molecule has 2 N–H and O–H groups in total. The second kappa shape index (κ2) is 14.5. The maximum Gasteiger partial charge on any atom is 0.407 e. The van der Waals surface area contributed by atoms with E-state index in [0.717, 1.165) is 5.56 Å². The normalized spacial score (nSPS) is 16.8. The lowest BCUT2D eigenvalue weighted by atomic mass is 10.0. The molecule has 1 aliphatic heterocycles. The third-order valence-electron chi connectivity index (χ3n) is 6.74. The highest BCUT2D eigenvalue weighted by atomic mass is 32.2. The van der Waals surface area contributed by atoms with Crippen molar-refractivity contribution in [2.24, 2.45) is 0 Å². The van der Waals surface area contributed by atoms with Crippen LogP contribution in [0.2, 0.25) is 0 Å². The average Bonchev–Trinajstić information content (AvgIpc) is 3.35. The number of sulfonamides is 1. The van der Waals surface area contributed by atoms with Crippen LogP contribution in [0.4, 0.5) is 4.79 Å². The SMILES string of the molecule is COc1ccc(S(=O)(=O)N(CCCCC2(C)OCCO2)CC(O)[C@H](Cc2ccccc2)NC(=O)OC(C)(C)C)cc1. The van der Waals surface area contributed by atoms with Gasteiger partial charge in [0.2, 0.25) is 10.0 Å². The Kier molecular flexibility index (Phi) is 11.6. The molecule has 228 valence electrons. The Balaban J connectivity index is 1.81. The lowest BCUT2D eigenvalue weighted by Gasteiger charge is -2.31. The zero-order valence-corrected chi connectivity index (χ0v) is 25.5. The molecule has 1 fully saturated rings. The van der Waals surface area contributed by atoms with E-state index in [-0.39, 0.29) is 24.4 Å². The predicted molar refractivity (Wildman–Crippen MR) is 155 cm³/mol. The number of carbonyl (C=O) groups excluding carboxylic acids is 1. The number of unbranched alkanes of at least 4 members (excludes halogenated alkanes) is 1. The van der Waals surface area contributed by atoms with Crippen LogP contribution in [0.1, 0.15) is 52.5 Å². The Bertz CT molecular complexity index is 1190. The van der Waals surface area contributed by atoms with Crippen molar-refractivity contribution in [3.63, 3.8) is 0 Å². The number of rotatable bonds is 14. The van der Waals surface area contributed by atoms with Gasteiger partial charge in [0.25, 0.3) is 0 Å². The fourth-order valence-electron chi connectivity index (χ4n) is 4.59. The number of ether oxygens (including phenoxy) is 4. The van der Waals surface area contributed by atoms with Gasteiger partial charge in [0.15, 0.2) is 5.79 Å². The Morgan fingerprint density at radius 3 is 2.29 bits per heavy atom. The first-order valence-corrected chi connectivity index (χ1v) is 15.4. The fraction of sp³-hybridized carbons (Fsp3) is 0.567. The van der Waals surface area contributed by atoms with Crippen molar-refractivity contribution in [2.45, 2.75) is 81.8 Å². The molecular formula is C30H44N2O8S. The molecule has 0 aliphatic carbocycles.